The van der Waals surface area contributed by atoms with Crippen LogP contribution in [-0.4, -0.2) is 17.6 Å². The third-order valence-electron chi connectivity index (χ3n) is 2.62. The Balaban J connectivity index is 2.70. The monoisotopic (exact) mass is 233 g/mol. The fourth-order valence-corrected chi connectivity index (χ4v) is 1.56. The number of rotatable bonds is 5. The zero-order valence-electron chi connectivity index (χ0n) is 10.5. The van der Waals surface area contributed by atoms with Crippen molar-refractivity contribution in [1.29, 1.82) is 0 Å². The Kier molecular flexibility index (Phi) is 4.76. The summed E-state index contributed by atoms with van der Waals surface area (Å²) in [5, 5.41) is 12.0. The molecule has 0 saturated heterocycles. The molecule has 3 heteroatoms. The van der Waals surface area contributed by atoms with E-state index in [4.69, 9.17) is 5.11 Å². The fourth-order valence-electron chi connectivity index (χ4n) is 1.56. The van der Waals surface area contributed by atoms with E-state index in [9.17, 15) is 4.79 Å². The van der Waals surface area contributed by atoms with Crippen LogP contribution in [0.15, 0.2) is 35.9 Å². The number of nitrogens with one attached hydrogen (secondary N) is 1. The summed E-state index contributed by atoms with van der Waals surface area (Å²) in [6.07, 6.45) is 1.68. The average Bonchev–Trinajstić information content (AvgIpc) is 2.29. The number of carboxylic acids is 1. The molecule has 0 fully saturated rings. The number of para-hydroxylation sites is 1. The lowest BCUT2D eigenvalue weighted by atomic mass is 10.0. The van der Waals surface area contributed by atoms with Gasteiger partial charge in [-0.15, -0.1) is 0 Å². The first kappa shape index (κ1) is 13.3. The first-order chi connectivity index (χ1) is 8.02. The molecule has 0 saturated carbocycles. The van der Waals surface area contributed by atoms with Crippen LogP contribution in [-0.2, 0) is 4.79 Å². The summed E-state index contributed by atoms with van der Waals surface area (Å²) in [6, 6.07) is 8.08. The van der Waals surface area contributed by atoms with Crippen LogP contribution in [0.25, 0.3) is 0 Å². The average molecular weight is 233 g/mol. The Morgan fingerprint density at radius 1 is 1.41 bits per heavy atom. The highest BCUT2D eigenvalue weighted by Crippen LogP contribution is 2.23. The van der Waals surface area contributed by atoms with Gasteiger partial charge >= 0.3 is 5.97 Å². The van der Waals surface area contributed by atoms with E-state index >= 15 is 0 Å². The standard InChI is InChI=1S/C14H19NO2/c1-10(2)12-6-4-5-7-13(12)15-9-8-11(3)14(16)17/h4-8,10,15H,9H2,1-3H3,(H,16,17)/b11-8-. The highest BCUT2D eigenvalue weighted by atomic mass is 16.4. The topological polar surface area (TPSA) is 49.3 Å². The molecule has 3 nitrogen and oxygen atoms in total. The van der Waals surface area contributed by atoms with Crippen molar-refractivity contribution in [3.63, 3.8) is 0 Å². The van der Waals surface area contributed by atoms with Gasteiger partial charge in [-0.3, -0.25) is 0 Å². The van der Waals surface area contributed by atoms with Gasteiger partial charge in [0.25, 0.3) is 0 Å². The number of benzene rings is 1. The van der Waals surface area contributed by atoms with Crippen molar-refractivity contribution in [3.05, 3.63) is 41.5 Å². The summed E-state index contributed by atoms with van der Waals surface area (Å²) in [5.74, 6) is -0.424. The highest BCUT2D eigenvalue weighted by Gasteiger charge is 2.04. The van der Waals surface area contributed by atoms with Gasteiger partial charge in [-0.05, 0) is 24.5 Å². The molecule has 0 aliphatic carbocycles. The molecule has 0 spiro atoms. The normalized spacial score (nSPS) is 11.6. The second-order valence-corrected chi connectivity index (χ2v) is 4.32. The summed E-state index contributed by atoms with van der Waals surface area (Å²) in [7, 11) is 0. The van der Waals surface area contributed by atoms with Gasteiger partial charge < -0.3 is 10.4 Å². The van der Waals surface area contributed by atoms with Gasteiger partial charge in [0, 0.05) is 17.8 Å². The predicted molar refractivity (Wildman–Crippen MR) is 70.4 cm³/mol. The van der Waals surface area contributed by atoms with E-state index < -0.39 is 5.97 Å². The van der Waals surface area contributed by atoms with E-state index in [-0.39, 0.29) is 0 Å². The molecule has 0 radical (unpaired) electrons. The molecule has 0 amide bonds. The van der Waals surface area contributed by atoms with Crippen LogP contribution in [0.4, 0.5) is 5.69 Å². The van der Waals surface area contributed by atoms with Crippen molar-refractivity contribution >= 4 is 11.7 Å². The zero-order valence-corrected chi connectivity index (χ0v) is 10.5. The van der Waals surface area contributed by atoms with Crippen LogP contribution in [0, 0.1) is 0 Å². The van der Waals surface area contributed by atoms with Crippen molar-refractivity contribution in [3.8, 4) is 0 Å². The molecule has 0 atom stereocenters. The molecule has 1 aromatic rings. The third kappa shape index (κ3) is 3.94. The van der Waals surface area contributed by atoms with E-state index in [0.717, 1.165) is 5.69 Å². The molecule has 0 aliphatic heterocycles. The molecule has 0 bridgehead atoms. The Labute approximate surface area is 102 Å². The van der Waals surface area contributed by atoms with Gasteiger partial charge in [0.2, 0.25) is 0 Å². The molecule has 2 N–H and O–H groups in total. The van der Waals surface area contributed by atoms with E-state index in [0.29, 0.717) is 18.0 Å². The van der Waals surface area contributed by atoms with Crippen molar-refractivity contribution in [2.24, 2.45) is 0 Å². The van der Waals surface area contributed by atoms with Crippen LogP contribution in [0.3, 0.4) is 0 Å². The second kappa shape index (κ2) is 6.09. The van der Waals surface area contributed by atoms with Gasteiger partial charge in [0.1, 0.15) is 0 Å². The molecule has 1 rings (SSSR count). The molecule has 0 aliphatic rings. The van der Waals surface area contributed by atoms with Crippen LogP contribution in [0.5, 0.6) is 0 Å². The number of hydrogen-bond donors (Lipinski definition) is 2. The van der Waals surface area contributed by atoms with Gasteiger partial charge in [-0.25, -0.2) is 4.79 Å². The SMILES string of the molecule is C/C(=C/CNc1ccccc1C(C)C)C(=O)O. The first-order valence-corrected chi connectivity index (χ1v) is 5.75. The minimum absolute atomic E-state index is 0.361. The number of anilines is 1. The predicted octanol–water partition coefficient (Wildman–Crippen LogP) is 3.25. The summed E-state index contributed by atoms with van der Waals surface area (Å²) in [4.78, 5) is 10.6. The lowest BCUT2D eigenvalue weighted by Crippen LogP contribution is -2.05. The van der Waals surface area contributed by atoms with E-state index in [1.54, 1.807) is 13.0 Å². The maximum atomic E-state index is 10.6. The van der Waals surface area contributed by atoms with E-state index in [1.807, 2.05) is 18.2 Å². The highest BCUT2D eigenvalue weighted by molar-refractivity contribution is 5.85. The quantitative estimate of drug-likeness (QED) is 0.767. The van der Waals surface area contributed by atoms with Crippen LogP contribution in [0.2, 0.25) is 0 Å². The molecule has 0 unspecified atom stereocenters. The van der Waals surface area contributed by atoms with E-state index in [2.05, 4.69) is 25.2 Å². The Morgan fingerprint density at radius 3 is 2.65 bits per heavy atom. The fraction of sp³-hybridized carbons (Fsp3) is 0.357. The Hall–Kier alpha value is -1.77. The summed E-state index contributed by atoms with van der Waals surface area (Å²) < 4.78 is 0. The summed E-state index contributed by atoms with van der Waals surface area (Å²) in [5.41, 5.74) is 2.67. The number of carboxylic acid groups (broad SMARTS) is 1. The van der Waals surface area contributed by atoms with Crippen molar-refractivity contribution in [2.75, 3.05) is 11.9 Å². The molecule has 0 aromatic heterocycles. The number of carbonyl (C=O) groups is 1. The summed E-state index contributed by atoms with van der Waals surface area (Å²) >= 11 is 0. The summed E-state index contributed by atoms with van der Waals surface area (Å²) in [6.45, 7) is 6.40. The Morgan fingerprint density at radius 2 is 2.06 bits per heavy atom. The Bertz CT molecular complexity index is 422. The van der Waals surface area contributed by atoms with Crippen molar-refractivity contribution < 1.29 is 9.90 Å². The second-order valence-electron chi connectivity index (χ2n) is 4.32. The van der Waals surface area contributed by atoms with Crippen molar-refractivity contribution in [1.82, 2.24) is 0 Å². The van der Waals surface area contributed by atoms with Gasteiger partial charge in [0.15, 0.2) is 0 Å². The van der Waals surface area contributed by atoms with Crippen molar-refractivity contribution in [2.45, 2.75) is 26.7 Å². The molecule has 92 valence electrons. The largest absolute Gasteiger partial charge is 0.478 e. The number of aliphatic carboxylic acids is 1. The molecular weight excluding hydrogens is 214 g/mol. The lowest BCUT2D eigenvalue weighted by Gasteiger charge is -2.13. The van der Waals surface area contributed by atoms with Gasteiger partial charge in [-0.2, -0.15) is 0 Å². The molecule has 1 aromatic carbocycles. The van der Waals surface area contributed by atoms with Crippen LogP contribution in [0.1, 0.15) is 32.3 Å². The third-order valence-corrected chi connectivity index (χ3v) is 2.62. The first-order valence-electron chi connectivity index (χ1n) is 5.75. The van der Waals surface area contributed by atoms with Crippen LogP contribution >= 0.6 is 0 Å². The number of hydrogen-bond acceptors (Lipinski definition) is 2. The maximum absolute atomic E-state index is 10.6. The molecule has 0 heterocycles. The van der Waals surface area contributed by atoms with Crippen LogP contribution < -0.4 is 5.32 Å². The van der Waals surface area contributed by atoms with Gasteiger partial charge in [-0.1, -0.05) is 38.1 Å². The maximum Gasteiger partial charge on any atom is 0.331 e. The minimum Gasteiger partial charge on any atom is -0.478 e. The smallest absolute Gasteiger partial charge is 0.331 e. The van der Waals surface area contributed by atoms with E-state index in [1.165, 1.54) is 5.56 Å². The lowest BCUT2D eigenvalue weighted by molar-refractivity contribution is -0.132. The zero-order chi connectivity index (χ0) is 12.8. The van der Waals surface area contributed by atoms with Gasteiger partial charge in [0.05, 0.1) is 0 Å². The molecule has 17 heavy (non-hydrogen) atoms. The molecular formula is C14H19NO2. The minimum atomic E-state index is -0.871.